The van der Waals surface area contributed by atoms with E-state index in [-0.39, 0.29) is 16.8 Å². The molecule has 8 heteroatoms. The number of halogens is 1. The molecule has 2 heterocycles. The summed E-state index contributed by atoms with van der Waals surface area (Å²) in [6.07, 6.45) is 0.642. The zero-order chi connectivity index (χ0) is 38.8. The van der Waals surface area contributed by atoms with Gasteiger partial charge >= 0.3 is 335 Å². The molecule has 0 saturated carbocycles. The molecule has 0 N–H and O–H groups in total. The summed E-state index contributed by atoms with van der Waals surface area (Å²) in [5.74, 6) is 2.84. The summed E-state index contributed by atoms with van der Waals surface area (Å²) in [5.41, 5.74) is 10.5. The van der Waals surface area contributed by atoms with Crippen molar-refractivity contribution < 1.29 is 28.8 Å². The van der Waals surface area contributed by atoms with Crippen molar-refractivity contribution in [3.8, 4) is 11.5 Å². The number of methoxy groups -OCH3 is 1. The third kappa shape index (κ3) is 7.87. The maximum absolute atomic E-state index is 14.1. The summed E-state index contributed by atoms with van der Waals surface area (Å²) in [6.45, 7) is 22.8. The van der Waals surface area contributed by atoms with Crippen LogP contribution in [0.25, 0.3) is 0 Å². The van der Waals surface area contributed by atoms with Gasteiger partial charge in [0.15, 0.2) is 0 Å². The van der Waals surface area contributed by atoms with Crippen LogP contribution in [0.3, 0.4) is 0 Å². The van der Waals surface area contributed by atoms with E-state index in [1.807, 2.05) is 41.3 Å². The molecule has 4 aromatic rings. The third-order valence-electron chi connectivity index (χ3n) is 10.7. The second kappa shape index (κ2) is 17.0. The van der Waals surface area contributed by atoms with Gasteiger partial charge in [0.1, 0.15) is 0 Å². The molecule has 1 atom stereocenters. The molecule has 1 unspecified atom stereocenters. The molecule has 6 rings (SSSR count). The molecule has 1 saturated heterocycles. The fourth-order valence-corrected chi connectivity index (χ4v) is 12.4. The van der Waals surface area contributed by atoms with Crippen molar-refractivity contribution in [1.29, 1.82) is 0 Å². The van der Waals surface area contributed by atoms with E-state index < -0.39 is 14.5 Å². The first-order valence-corrected chi connectivity index (χ1v) is 23.8. The number of hydrogen-bond donors (Lipinski definition) is 0. The van der Waals surface area contributed by atoms with E-state index >= 15 is 0 Å². The van der Waals surface area contributed by atoms with Crippen LogP contribution in [0.2, 0.25) is 0 Å². The molecule has 2 aliphatic rings. The van der Waals surface area contributed by atoms with Gasteiger partial charge in [-0.05, 0) is 0 Å². The Morgan fingerprint density at radius 1 is 0.778 bits per heavy atom. The third-order valence-corrected chi connectivity index (χ3v) is 15.0. The van der Waals surface area contributed by atoms with Crippen molar-refractivity contribution in [2.24, 2.45) is 0 Å². The van der Waals surface area contributed by atoms with Crippen LogP contribution in [0.1, 0.15) is 131 Å². The van der Waals surface area contributed by atoms with Crippen molar-refractivity contribution in [3.05, 3.63) is 112 Å². The van der Waals surface area contributed by atoms with E-state index in [9.17, 15) is 4.79 Å². The van der Waals surface area contributed by atoms with Crippen molar-refractivity contribution in [1.82, 2.24) is 0 Å². The molecule has 0 spiro atoms. The summed E-state index contributed by atoms with van der Waals surface area (Å²) < 4.78 is 14.4. The molecular formula is C46H58ClN3O3Ru. The van der Waals surface area contributed by atoms with Crippen molar-refractivity contribution in [2.75, 3.05) is 41.4 Å². The number of anilines is 3. The quantitative estimate of drug-likeness (QED) is 0.141. The Hall–Kier alpha value is -3.67. The molecule has 2 aliphatic heterocycles. The number of hydrogen-bond acceptors (Lipinski definition) is 5. The van der Waals surface area contributed by atoms with E-state index in [1.165, 1.54) is 33.6 Å². The van der Waals surface area contributed by atoms with Crippen molar-refractivity contribution in [2.45, 2.75) is 103 Å². The summed E-state index contributed by atoms with van der Waals surface area (Å²) in [7, 11) is 9.67. The number of rotatable bonds is 11. The number of nitrogens with zero attached hydrogens (tertiary/aromatic N) is 3. The first-order valence-electron chi connectivity index (χ1n) is 19.5. The van der Waals surface area contributed by atoms with E-state index in [0.717, 1.165) is 42.3 Å². The topological polar surface area (TPSA) is 45.2 Å². The number of carbonyl (C=O) groups is 1. The maximum atomic E-state index is 14.1. The standard InChI is InChI=1S/C27H39N2.C19H19NO3.ClH.Ru/c1-18(2)22-11-9-12-23(19(3)4)26(22)28-15-16-29(17-28)27-24(20(5)6)13-10-14-25(27)21(7)8;1-4-15-12-20(17-7-5-6-13(2)18(17)23-15)19(21)14-8-10-16(22-3)11-9-14;;/h9-14,17-21H,15-16H2,1-8H3;2,5-11,15H,4,12H2,1,3H3;1H;/q;;;+1/p-1. The molecular weight excluding hydrogens is 779 g/mol. The first-order chi connectivity index (χ1) is 25.9. The van der Waals surface area contributed by atoms with Gasteiger partial charge < -0.3 is 0 Å². The summed E-state index contributed by atoms with van der Waals surface area (Å²) >= 11 is -2.40. The van der Waals surface area contributed by atoms with Gasteiger partial charge in [-0.3, -0.25) is 0 Å². The molecule has 6 nitrogen and oxygen atoms in total. The Kier molecular flexibility index (Phi) is 12.6. The van der Waals surface area contributed by atoms with Crippen LogP contribution in [0, 0.1) is 0 Å². The number of carbonyl (C=O) groups excluding carboxylic acids is 1. The van der Waals surface area contributed by atoms with Crippen LogP contribution in [0.5, 0.6) is 11.5 Å². The summed E-state index contributed by atoms with van der Waals surface area (Å²) in [4.78, 5) is 21.3. The van der Waals surface area contributed by atoms with Gasteiger partial charge in [0.05, 0.1) is 0 Å². The van der Waals surface area contributed by atoms with E-state index in [0.29, 0.717) is 35.8 Å². The number of benzene rings is 4. The monoisotopic (exact) mass is 837 g/mol. The number of ether oxygens (including phenoxy) is 2. The molecule has 1 fully saturated rings. The minimum atomic E-state index is -2.40. The van der Waals surface area contributed by atoms with Crippen molar-refractivity contribution >= 4 is 37.3 Å². The van der Waals surface area contributed by atoms with Crippen LogP contribution in [-0.4, -0.2) is 48.1 Å². The number of fused-ring (bicyclic) bond motifs is 1. The Morgan fingerprint density at radius 2 is 1.26 bits per heavy atom. The van der Waals surface area contributed by atoms with Gasteiger partial charge in [-0.25, -0.2) is 0 Å². The second-order valence-corrected chi connectivity index (χ2v) is 20.3. The minimum absolute atomic E-state index is 0.0373. The second-order valence-electron chi connectivity index (χ2n) is 15.7. The van der Waals surface area contributed by atoms with E-state index in [2.05, 4.69) is 119 Å². The van der Waals surface area contributed by atoms with Crippen LogP contribution >= 0.6 is 9.69 Å². The summed E-state index contributed by atoms with van der Waals surface area (Å²) in [6, 6.07) is 27.2. The predicted molar refractivity (Wildman–Crippen MR) is 225 cm³/mol. The fraction of sp³-hybridized carbons (Fsp3) is 0.435. The van der Waals surface area contributed by atoms with Crippen LogP contribution < -0.4 is 24.2 Å². The molecule has 0 aromatic heterocycles. The van der Waals surface area contributed by atoms with Gasteiger partial charge in [-0.15, -0.1) is 0 Å². The number of amides is 1. The zero-order valence-corrected chi connectivity index (χ0v) is 36.2. The Labute approximate surface area is 332 Å². The van der Waals surface area contributed by atoms with Crippen LogP contribution in [-0.2, 0) is 14.5 Å². The van der Waals surface area contributed by atoms with Gasteiger partial charge in [-0.1, -0.05) is 0 Å². The van der Waals surface area contributed by atoms with Crippen molar-refractivity contribution in [3.63, 3.8) is 0 Å². The van der Waals surface area contributed by atoms with E-state index in [1.54, 1.807) is 7.11 Å². The molecule has 0 bridgehead atoms. The van der Waals surface area contributed by atoms with Crippen LogP contribution in [0.4, 0.5) is 17.1 Å². The molecule has 4 aromatic carbocycles. The molecule has 54 heavy (non-hydrogen) atoms. The molecule has 0 aliphatic carbocycles. The first kappa shape index (κ1) is 40.0. The van der Waals surface area contributed by atoms with Gasteiger partial charge in [-0.2, -0.15) is 0 Å². The fourth-order valence-electron chi connectivity index (χ4n) is 7.84. The summed E-state index contributed by atoms with van der Waals surface area (Å²) in [5, 5.41) is 0. The van der Waals surface area contributed by atoms with Gasteiger partial charge in [0.2, 0.25) is 0 Å². The van der Waals surface area contributed by atoms with Gasteiger partial charge in [0, 0.05) is 0 Å². The normalized spacial score (nSPS) is 17.2. The Balaban J connectivity index is 1.53. The van der Waals surface area contributed by atoms with E-state index in [4.69, 9.17) is 19.2 Å². The average molecular weight is 838 g/mol. The SMILES string of the molecule is CCC1CN(C(=O)c2ccc(OC)cc2)c2cccc([CH]=[Ru]([Cl])[CH]3N(c4c(C(C)C)cccc4C(C)C)CCN3c3c(C(C)C)cccc3C(C)C)c2O1. The Morgan fingerprint density at radius 3 is 1.70 bits per heavy atom. The van der Waals surface area contributed by atoms with Crippen LogP contribution in [0.15, 0.2) is 78.9 Å². The van der Waals surface area contributed by atoms with Gasteiger partial charge in [0.25, 0.3) is 0 Å². The zero-order valence-electron chi connectivity index (χ0n) is 33.7. The predicted octanol–water partition coefficient (Wildman–Crippen LogP) is 11.2. The molecule has 1 amide bonds. The average Bonchev–Trinajstić information content (AvgIpc) is 3.61. The number of para-hydroxylation sites is 3. The molecule has 290 valence electrons. The molecule has 0 radical (unpaired) electrons. The Bertz CT molecular complexity index is 1870.